The van der Waals surface area contributed by atoms with Crippen molar-refractivity contribution in [2.75, 3.05) is 31.6 Å². The van der Waals surface area contributed by atoms with Crippen molar-refractivity contribution in [1.82, 2.24) is 9.88 Å². The van der Waals surface area contributed by atoms with Gasteiger partial charge in [-0.2, -0.15) is 0 Å². The zero-order valence-electron chi connectivity index (χ0n) is 16.1. The smallest absolute Gasteiger partial charge is 0.128 e. The van der Waals surface area contributed by atoms with Crippen LogP contribution in [-0.4, -0.2) is 36.6 Å². The number of fused-ring (bicyclic) bond motifs is 1. The van der Waals surface area contributed by atoms with Crippen LogP contribution in [0.1, 0.15) is 29.8 Å². The lowest BCUT2D eigenvalue weighted by atomic mass is 9.89. The number of halogens is 3. The normalized spacial score (nSPS) is 24.3. The molecule has 27 heavy (non-hydrogen) atoms. The van der Waals surface area contributed by atoms with Crippen LogP contribution in [0.4, 0.5) is 10.2 Å². The van der Waals surface area contributed by atoms with Gasteiger partial charge < -0.3 is 4.90 Å². The summed E-state index contributed by atoms with van der Waals surface area (Å²) in [5.41, 5.74) is 3.55. The molecule has 0 radical (unpaired) electrons. The van der Waals surface area contributed by atoms with Crippen molar-refractivity contribution in [3.63, 3.8) is 0 Å². The van der Waals surface area contributed by atoms with Gasteiger partial charge in [0.05, 0.1) is 0 Å². The second-order valence-electron chi connectivity index (χ2n) is 7.55. The molecule has 0 N–H and O–H groups in total. The summed E-state index contributed by atoms with van der Waals surface area (Å²) in [5, 5.41) is 0. The number of nitrogens with zero attached hydrogens (tertiary/aromatic N) is 3. The highest BCUT2D eigenvalue weighted by Gasteiger charge is 2.46. The molecule has 2 aliphatic heterocycles. The zero-order valence-corrected chi connectivity index (χ0v) is 17.7. The highest BCUT2D eigenvalue weighted by molar-refractivity contribution is 5.85. The van der Waals surface area contributed by atoms with Crippen LogP contribution in [-0.2, 0) is 6.42 Å². The van der Waals surface area contributed by atoms with E-state index in [9.17, 15) is 4.39 Å². The van der Waals surface area contributed by atoms with Crippen molar-refractivity contribution in [2.45, 2.75) is 26.3 Å². The molecule has 2 aliphatic rings. The average Bonchev–Trinajstić information content (AvgIpc) is 3.11. The van der Waals surface area contributed by atoms with Gasteiger partial charge in [0.2, 0.25) is 0 Å². The van der Waals surface area contributed by atoms with E-state index in [2.05, 4.69) is 48.9 Å². The molecule has 0 unspecified atom stereocenters. The van der Waals surface area contributed by atoms with E-state index in [1.807, 2.05) is 6.07 Å². The molecule has 2 saturated heterocycles. The number of anilines is 1. The van der Waals surface area contributed by atoms with Crippen LogP contribution in [0, 0.1) is 24.6 Å². The van der Waals surface area contributed by atoms with E-state index in [-0.39, 0.29) is 30.6 Å². The molecule has 2 aromatic rings. The van der Waals surface area contributed by atoms with Gasteiger partial charge in [0.1, 0.15) is 11.6 Å². The van der Waals surface area contributed by atoms with Gasteiger partial charge in [0, 0.05) is 37.3 Å². The average molecular weight is 412 g/mol. The first-order valence-electron chi connectivity index (χ1n) is 9.24. The number of benzene rings is 1. The first-order valence-corrected chi connectivity index (χ1v) is 9.24. The molecule has 0 spiro atoms. The van der Waals surface area contributed by atoms with Gasteiger partial charge in [-0.25, -0.2) is 9.37 Å². The Morgan fingerprint density at radius 1 is 1.11 bits per heavy atom. The fourth-order valence-electron chi connectivity index (χ4n) is 4.73. The van der Waals surface area contributed by atoms with E-state index in [0.29, 0.717) is 17.9 Å². The Bertz CT molecular complexity index is 786. The molecule has 3 heterocycles. The van der Waals surface area contributed by atoms with Gasteiger partial charge in [0.25, 0.3) is 0 Å². The molecular weight excluding hydrogens is 384 g/mol. The standard InChI is InChI=1S/C21H26FN3.2ClH/c1-4-19-14(2)8-9-20(23-19)25-12-16-11-24(3)21(18(16)13-25)15-6-5-7-17(22)10-15;;/h5-10,16,18,21H,4,11-13H2,1-3H3;2*1H/t16-,18+,21-;;/m0../s1. The summed E-state index contributed by atoms with van der Waals surface area (Å²) in [6, 6.07) is 11.7. The number of aromatic nitrogens is 1. The predicted molar refractivity (Wildman–Crippen MR) is 114 cm³/mol. The second-order valence-corrected chi connectivity index (χ2v) is 7.55. The number of aryl methyl sites for hydroxylation is 2. The molecule has 1 aromatic heterocycles. The number of pyridine rings is 1. The van der Waals surface area contributed by atoms with Crippen LogP contribution < -0.4 is 4.90 Å². The maximum absolute atomic E-state index is 13.7. The van der Waals surface area contributed by atoms with E-state index in [1.54, 1.807) is 6.07 Å². The highest BCUT2D eigenvalue weighted by Crippen LogP contribution is 2.44. The molecule has 0 aliphatic carbocycles. The van der Waals surface area contributed by atoms with Crippen molar-refractivity contribution in [1.29, 1.82) is 0 Å². The molecule has 0 bridgehead atoms. The van der Waals surface area contributed by atoms with Gasteiger partial charge in [-0.05, 0) is 55.6 Å². The Balaban J connectivity index is 0.00000131. The summed E-state index contributed by atoms with van der Waals surface area (Å²) in [7, 11) is 2.16. The molecule has 4 rings (SSSR count). The second kappa shape index (κ2) is 8.76. The Hall–Kier alpha value is -1.36. The van der Waals surface area contributed by atoms with Crippen LogP contribution in [0.3, 0.4) is 0 Å². The van der Waals surface area contributed by atoms with Gasteiger partial charge in [-0.1, -0.05) is 25.1 Å². The molecule has 0 saturated carbocycles. The summed E-state index contributed by atoms with van der Waals surface area (Å²) in [6.07, 6.45) is 0.967. The Morgan fingerprint density at radius 3 is 2.59 bits per heavy atom. The summed E-state index contributed by atoms with van der Waals surface area (Å²) in [5.74, 6) is 2.10. The molecule has 1 aromatic carbocycles. The minimum absolute atomic E-state index is 0. The van der Waals surface area contributed by atoms with E-state index in [4.69, 9.17) is 4.98 Å². The summed E-state index contributed by atoms with van der Waals surface area (Å²) in [6.45, 7) is 7.39. The topological polar surface area (TPSA) is 19.4 Å². The van der Waals surface area contributed by atoms with Gasteiger partial charge in [-0.15, -0.1) is 24.8 Å². The molecular formula is C21H28Cl2FN3. The number of rotatable bonds is 3. The minimum Gasteiger partial charge on any atom is -0.356 e. The van der Waals surface area contributed by atoms with Crippen molar-refractivity contribution in [2.24, 2.45) is 11.8 Å². The Morgan fingerprint density at radius 2 is 1.89 bits per heavy atom. The van der Waals surface area contributed by atoms with Gasteiger partial charge >= 0.3 is 0 Å². The molecule has 3 atom stereocenters. The third-order valence-electron chi connectivity index (χ3n) is 5.93. The van der Waals surface area contributed by atoms with Crippen molar-refractivity contribution < 1.29 is 4.39 Å². The van der Waals surface area contributed by atoms with E-state index in [0.717, 1.165) is 37.4 Å². The summed E-state index contributed by atoms with van der Waals surface area (Å²) >= 11 is 0. The zero-order chi connectivity index (χ0) is 17.6. The summed E-state index contributed by atoms with van der Waals surface area (Å²) < 4.78 is 13.7. The molecule has 2 fully saturated rings. The third-order valence-corrected chi connectivity index (χ3v) is 5.93. The molecule has 3 nitrogen and oxygen atoms in total. The lowest BCUT2D eigenvalue weighted by molar-refractivity contribution is 0.279. The first kappa shape index (κ1) is 21.9. The van der Waals surface area contributed by atoms with Crippen LogP contribution in [0.5, 0.6) is 0 Å². The van der Waals surface area contributed by atoms with Crippen LogP contribution >= 0.6 is 24.8 Å². The van der Waals surface area contributed by atoms with E-state index < -0.39 is 0 Å². The van der Waals surface area contributed by atoms with Crippen molar-refractivity contribution >= 4 is 30.6 Å². The van der Waals surface area contributed by atoms with Gasteiger partial charge in [0.15, 0.2) is 0 Å². The van der Waals surface area contributed by atoms with Crippen LogP contribution in [0.25, 0.3) is 0 Å². The molecule has 6 heteroatoms. The fourth-order valence-corrected chi connectivity index (χ4v) is 4.73. The lowest BCUT2D eigenvalue weighted by Crippen LogP contribution is -2.29. The molecule has 148 valence electrons. The quantitative estimate of drug-likeness (QED) is 0.730. The van der Waals surface area contributed by atoms with E-state index >= 15 is 0 Å². The lowest BCUT2D eigenvalue weighted by Gasteiger charge is -2.27. The Labute approximate surface area is 173 Å². The maximum Gasteiger partial charge on any atom is 0.128 e. The Kier molecular flexibility index (Phi) is 7.12. The fraction of sp³-hybridized carbons (Fsp3) is 0.476. The highest BCUT2D eigenvalue weighted by atomic mass is 35.5. The third kappa shape index (κ3) is 4.08. The maximum atomic E-state index is 13.7. The van der Waals surface area contributed by atoms with Crippen molar-refractivity contribution in [3.05, 3.63) is 59.0 Å². The molecule has 0 amide bonds. The monoisotopic (exact) mass is 411 g/mol. The number of hydrogen-bond acceptors (Lipinski definition) is 3. The van der Waals surface area contributed by atoms with E-state index in [1.165, 1.54) is 17.3 Å². The van der Waals surface area contributed by atoms with Crippen LogP contribution in [0.2, 0.25) is 0 Å². The predicted octanol–water partition coefficient (Wildman–Crippen LogP) is 4.67. The SMILES string of the molecule is CCc1nc(N2C[C@@H]3CN(C)[C@@H](c4cccc(F)c4)[C@@H]3C2)ccc1C.Cl.Cl. The van der Waals surface area contributed by atoms with Crippen LogP contribution in [0.15, 0.2) is 36.4 Å². The van der Waals surface area contributed by atoms with Gasteiger partial charge in [-0.3, -0.25) is 4.90 Å². The number of hydrogen-bond donors (Lipinski definition) is 0. The number of likely N-dealkylation sites (tertiary alicyclic amines) is 1. The van der Waals surface area contributed by atoms with Crippen molar-refractivity contribution in [3.8, 4) is 0 Å². The summed E-state index contributed by atoms with van der Waals surface area (Å²) in [4.78, 5) is 9.70. The first-order chi connectivity index (χ1) is 12.1. The largest absolute Gasteiger partial charge is 0.356 e. The minimum atomic E-state index is -0.142.